The van der Waals surface area contributed by atoms with Crippen LogP contribution in [0.1, 0.15) is 37.0 Å². The van der Waals surface area contributed by atoms with Crippen molar-refractivity contribution in [3.05, 3.63) is 138 Å². The monoisotopic (exact) mass is 553 g/mol. The van der Waals surface area contributed by atoms with Crippen molar-refractivity contribution in [2.45, 2.75) is 32.6 Å². The number of halogens is 1. The summed E-state index contributed by atoms with van der Waals surface area (Å²) in [7, 11) is 0. The molecule has 0 fully saturated rings. The van der Waals surface area contributed by atoms with Gasteiger partial charge in [0.15, 0.2) is 0 Å². The quantitative estimate of drug-likeness (QED) is 0.185. The van der Waals surface area contributed by atoms with Gasteiger partial charge in [0.25, 0.3) is 0 Å². The maximum absolute atomic E-state index is 14.4. The van der Waals surface area contributed by atoms with E-state index in [1.807, 2.05) is 30.4 Å². The molecule has 7 rings (SSSR count). The van der Waals surface area contributed by atoms with E-state index in [4.69, 9.17) is 0 Å². The van der Waals surface area contributed by atoms with Gasteiger partial charge in [-0.2, -0.15) is 0 Å². The fraction of sp³-hybridized carbons (Fsp3) is 0.158. The van der Waals surface area contributed by atoms with E-state index in [2.05, 4.69) is 116 Å². The Balaban J connectivity index is 1.46. The Labute approximate surface area is 245 Å². The average Bonchev–Trinajstić information content (AvgIpc) is 3.52. The van der Waals surface area contributed by atoms with Gasteiger partial charge in [-0.1, -0.05) is 80.9 Å². The normalized spacial score (nSPS) is 16.5. The van der Waals surface area contributed by atoms with Gasteiger partial charge in [-0.3, -0.25) is 0 Å². The lowest BCUT2D eigenvalue weighted by atomic mass is 9.68. The molecule has 3 heteroatoms. The van der Waals surface area contributed by atoms with Gasteiger partial charge in [-0.15, -0.1) is 17.9 Å². The molecule has 1 aromatic heterocycles. The Hall–Kier alpha value is -4.21. The Morgan fingerprint density at radius 1 is 0.780 bits per heavy atom. The summed E-state index contributed by atoms with van der Waals surface area (Å²) in [5, 5.41) is 2.54. The molecule has 6 aromatic rings. The molecule has 1 heterocycles. The maximum Gasteiger partial charge on any atom is 0.126 e. The summed E-state index contributed by atoms with van der Waals surface area (Å²) in [6.07, 6.45) is 3.21. The summed E-state index contributed by atoms with van der Waals surface area (Å²) in [4.78, 5) is 2.26. The first-order valence-electron chi connectivity index (χ1n) is 14.3. The number of nitrogens with zero attached hydrogens (tertiary/aromatic N) is 1. The van der Waals surface area contributed by atoms with Crippen LogP contribution in [0.4, 0.5) is 21.5 Å². The Morgan fingerprint density at radius 3 is 2.24 bits per heavy atom. The molecular weight excluding hydrogens is 521 g/mol. The first-order chi connectivity index (χ1) is 20.0. The Kier molecular flexibility index (Phi) is 6.10. The van der Waals surface area contributed by atoms with Crippen molar-refractivity contribution in [2.24, 2.45) is 5.92 Å². The highest BCUT2D eigenvalue weighted by molar-refractivity contribution is 7.25. The Bertz CT molecular complexity index is 1970. The lowest BCUT2D eigenvalue weighted by Gasteiger charge is -2.35. The van der Waals surface area contributed by atoms with E-state index in [-0.39, 0.29) is 11.2 Å². The molecular formula is C38H32FNS. The molecule has 0 aliphatic heterocycles. The number of thiophene rings is 1. The zero-order chi connectivity index (χ0) is 28.3. The molecule has 0 saturated carbocycles. The SMILES string of the molecule is C=CC1(C(C)CC)c2ccccc2-c2cc(N(c3ccc(F)c(C)c3)c3ccc4c(c3)sc3ccccc34)ccc21. The smallest absolute Gasteiger partial charge is 0.126 e. The molecule has 0 bridgehead atoms. The number of fused-ring (bicyclic) bond motifs is 6. The van der Waals surface area contributed by atoms with Gasteiger partial charge in [-0.25, -0.2) is 4.39 Å². The summed E-state index contributed by atoms with van der Waals surface area (Å²) in [6.45, 7) is 10.8. The third kappa shape index (κ3) is 3.79. The molecule has 0 amide bonds. The van der Waals surface area contributed by atoms with Crippen molar-refractivity contribution in [1.82, 2.24) is 0 Å². The van der Waals surface area contributed by atoms with Crippen LogP contribution in [0.15, 0.2) is 116 Å². The van der Waals surface area contributed by atoms with Crippen LogP contribution < -0.4 is 4.90 Å². The minimum Gasteiger partial charge on any atom is -0.310 e. The highest BCUT2D eigenvalue weighted by Crippen LogP contribution is 2.55. The predicted octanol–water partition coefficient (Wildman–Crippen LogP) is 11.5. The summed E-state index contributed by atoms with van der Waals surface area (Å²) >= 11 is 1.81. The zero-order valence-corrected chi connectivity index (χ0v) is 24.4. The second-order valence-electron chi connectivity index (χ2n) is 11.2. The molecule has 1 aliphatic carbocycles. The summed E-state index contributed by atoms with van der Waals surface area (Å²) in [5.41, 5.74) is 8.58. The number of aryl methyl sites for hydroxylation is 1. The third-order valence-electron chi connectivity index (χ3n) is 9.10. The van der Waals surface area contributed by atoms with Gasteiger partial charge in [0.1, 0.15) is 5.82 Å². The lowest BCUT2D eigenvalue weighted by molar-refractivity contribution is 0.412. The lowest BCUT2D eigenvalue weighted by Crippen LogP contribution is -2.30. The van der Waals surface area contributed by atoms with Crippen molar-refractivity contribution in [2.75, 3.05) is 4.90 Å². The van der Waals surface area contributed by atoms with E-state index >= 15 is 0 Å². The van der Waals surface area contributed by atoms with Gasteiger partial charge in [0.2, 0.25) is 0 Å². The predicted molar refractivity (Wildman–Crippen MR) is 175 cm³/mol. The van der Waals surface area contributed by atoms with Gasteiger partial charge >= 0.3 is 0 Å². The Morgan fingerprint density at radius 2 is 1.44 bits per heavy atom. The molecule has 0 spiro atoms. The summed E-state index contributed by atoms with van der Waals surface area (Å²) < 4.78 is 17.0. The topological polar surface area (TPSA) is 3.24 Å². The van der Waals surface area contributed by atoms with Crippen LogP contribution in [-0.4, -0.2) is 0 Å². The van der Waals surface area contributed by atoms with E-state index in [1.54, 1.807) is 6.07 Å². The summed E-state index contributed by atoms with van der Waals surface area (Å²) in [6, 6.07) is 36.2. The van der Waals surface area contributed by atoms with Crippen molar-refractivity contribution in [3.8, 4) is 11.1 Å². The van der Waals surface area contributed by atoms with Crippen LogP contribution in [0.5, 0.6) is 0 Å². The number of hydrogen-bond donors (Lipinski definition) is 0. The molecule has 41 heavy (non-hydrogen) atoms. The van der Waals surface area contributed by atoms with Crippen molar-refractivity contribution in [1.29, 1.82) is 0 Å². The van der Waals surface area contributed by atoms with E-state index in [1.165, 1.54) is 42.4 Å². The molecule has 202 valence electrons. The van der Waals surface area contributed by atoms with E-state index in [0.29, 0.717) is 11.5 Å². The van der Waals surface area contributed by atoms with Gasteiger partial charge < -0.3 is 4.90 Å². The van der Waals surface area contributed by atoms with Crippen LogP contribution in [0.3, 0.4) is 0 Å². The van der Waals surface area contributed by atoms with Crippen molar-refractivity contribution in [3.63, 3.8) is 0 Å². The number of rotatable bonds is 6. The van der Waals surface area contributed by atoms with Crippen molar-refractivity contribution >= 4 is 48.6 Å². The first kappa shape index (κ1) is 25.7. The van der Waals surface area contributed by atoms with Crippen LogP contribution in [0, 0.1) is 18.7 Å². The minimum absolute atomic E-state index is 0.194. The number of hydrogen-bond acceptors (Lipinski definition) is 2. The first-order valence-corrected chi connectivity index (χ1v) is 15.1. The zero-order valence-electron chi connectivity index (χ0n) is 23.6. The number of allylic oxidation sites excluding steroid dienone is 1. The maximum atomic E-state index is 14.4. The molecule has 2 unspecified atom stereocenters. The molecule has 0 radical (unpaired) electrons. The number of anilines is 3. The minimum atomic E-state index is -0.230. The second kappa shape index (κ2) is 9.71. The van der Waals surface area contributed by atoms with E-state index in [0.717, 1.165) is 23.5 Å². The average molecular weight is 554 g/mol. The highest BCUT2D eigenvalue weighted by Gasteiger charge is 2.44. The third-order valence-corrected chi connectivity index (χ3v) is 10.2. The summed E-state index contributed by atoms with van der Waals surface area (Å²) in [5.74, 6) is 0.209. The van der Waals surface area contributed by atoms with Crippen molar-refractivity contribution < 1.29 is 4.39 Å². The van der Waals surface area contributed by atoms with Gasteiger partial charge in [0, 0.05) is 42.6 Å². The van der Waals surface area contributed by atoms with Crippen LogP contribution in [0.2, 0.25) is 0 Å². The van der Waals surface area contributed by atoms with E-state index < -0.39 is 0 Å². The second-order valence-corrected chi connectivity index (χ2v) is 12.3. The molecule has 0 saturated heterocycles. The molecule has 5 aromatic carbocycles. The van der Waals surface area contributed by atoms with Gasteiger partial charge in [0.05, 0.1) is 0 Å². The van der Waals surface area contributed by atoms with Crippen LogP contribution in [0.25, 0.3) is 31.3 Å². The number of benzene rings is 5. The van der Waals surface area contributed by atoms with Crippen LogP contribution in [-0.2, 0) is 5.41 Å². The molecule has 2 atom stereocenters. The molecule has 1 nitrogen and oxygen atoms in total. The standard InChI is InChI=1S/C38H32FNS/c1-5-25(4)38(6-2)33-13-9-7-11-29(33)32-22-27(16-19-34(32)38)40(26-17-20-35(39)24(3)21-26)28-15-18-31-30-12-8-10-14-36(30)41-37(31)23-28/h6-23,25H,2,5H2,1,3-4H3. The largest absolute Gasteiger partial charge is 0.310 e. The van der Waals surface area contributed by atoms with E-state index in [9.17, 15) is 4.39 Å². The van der Waals surface area contributed by atoms with Crippen LogP contribution >= 0.6 is 11.3 Å². The fourth-order valence-corrected chi connectivity index (χ4v) is 7.96. The molecule has 0 N–H and O–H groups in total. The fourth-order valence-electron chi connectivity index (χ4n) is 6.82. The highest BCUT2D eigenvalue weighted by atomic mass is 32.1. The molecule has 1 aliphatic rings. The van der Waals surface area contributed by atoms with Gasteiger partial charge in [-0.05, 0) is 89.2 Å².